The van der Waals surface area contributed by atoms with E-state index in [1.165, 1.54) is 11.3 Å². The molecule has 2 aromatic rings. The van der Waals surface area contributed by atoms with Crippen LogP contribution in [0, 0.1) is 6.92 Å². The number of nitrogens with zero attached hydrogens (tertiary/aromatic N) is 1. The summed E-state index contributed by atoms with van der Waals surface area (Å²) in [6, 6.07) is 16.4. The highest BCUT2D eigenvalue weighted by molar-refractivity contribution is 9.10. The number of rotatable bonds is 5. The number of thiocarbonyl (C=S) groups is 1. The molecule has 0 aliphatic heterocycles. The van der Waals surface area contributed by atoms with Crippen LogP contribution in [0.2, 0.25) is 0 Å². The molecule has 2 N–H and O–H groups in total. The van der Waals surface area contributed by atoms with Crippen LogP contribution >= 0.6 is 28.1 Å². The van der Waals surface area contributed by atoms with Gasteiger partial charge in [0.15, 0.2) is 5.11 Å². The molecule has 116 valence electrons. The van der Waals surface area contributed by atoms with Crippen LogP contribution in [0.1, 0.15) is 5.56 Å². The maximum Gasteiger partial charge on any atom is 0.170 e. The van der Waals surface area contributed by atoms with Crippen LogP contribution in [0.3, 0.4) is 0 Å². The summed E-state index contributed by atoms with van der Waals surface area (Å²) in [6.07, 6.45) is 0. The standard InChI is InChI=1S/C17H20BrN3S/c1-13-3-9-16(10-4-13)21(2)12-11-19-17(22)20-15-7-5-14(18)6-8-15/h3-10H,11-12H2,1-2H3,(H2,19,20,22). The second-order valence-electron chi connectivity index (χ2n) is 5.14. The fourth-order valence-corrected chi connectivity index (χ4v) is 2.46. The Hall–Kier alpha value is -1.59. The van der Waals surface area contributed by atoms with E-state index >= 15 is 0 Å². The van der Waals surface area contributed by atoms with Crippen molar-refractivity contribution in [3.8, 4) is 0 Å². The van der Waals surface area contributed by atoms with Gasteiger partial charge in [-0.25, -0.2) is 0 Å². The first-order valence-corrected chi connectivity index (χ1v) is 8.33. The Balaban J connectivity index is 1.74. The van der Waals surface area contributed by atoms with Crippen molar-refractivity contribution in [2.75, 3.05) is 30.4 Å². The molecule has 0 aromatic heterocycles. The monoisotopic (exact) mass is 377 g/mol. The largest absolute Gasteiger partial charge is 0.373 e. The smallest absolute Gasteiger partial charge is 0.170 e. The van der Waals surface area contributed by atoms with Gasteiger partial charge in [0.1, 0.15) is 0 Å². The molecule has 0 bridgehead atoms. The van der Waals surface area contributed by atoms with Crippen LogP contribution in [0.15, 0.2) is 53.0 Å². The summed E-state index contributed by atoms with van der Waals surface area (Å²) in [5, 5.41) is 7.03. The van der Waals surface area contributed by atoms with E-state index in [0.717, 1.165) is 23.2 Å². The van der Waals surface area contributed by atoms with Gasteiger partial charge in [0, 0.05) is 36.0 Å². The van der Waals surface area contributed by atoms with Gasteiger partial charge < -0.3 is 15.5 Å². The Kier molecular flexibility index (Phi) is 6.21. The van der Waals surface area contributed by atoms with Gasteiger partial charge in [-0.3, -0.25) is 0 Å². The predicted octanol–water partition coefficient (Wildman–Crippen LogP) is 4.18. The van der Waals surface area contributed by atoms with E-state index in [0.29, 0.717) is 5.11 Å². The molecule has 2 aromatic carbocycles. The molecule has 0 aliphatic rings. The van der Waals surface area contributed by atoms with E-state index in [4.69, 9.17) is 12.2 Å². The normalized spacial score (nSPS) is 10.1. The maximum atomic E-state index is 5.30. The summed E-state index contributed by atoms with van der Waals surface area (Å²) >= 11 is 8.72. The van der Waals surface area contributed by atoms with Gasteiger partial charge in [0.25, 0.3) is 0 Å². The van der Waals surface area contributed by atoms with Crippen LogP contribution in [0.25, 0.3) is 0 Å². The van der Waals surface area contributed by atoms with Gasteiger partial charge in [0.05, 0.1) is 0 Å². The zero-order valence-corrected chi connectivity index (χ0v) is 15.2. The van der Waals surface area contributed by atoms with E-state index in [1.54, 1.807) is 0 Å². The Labute approximate surface area is 145 Å². The van der Waals surface area contributed by atoms with Crippen LogP contribution in [-0.2, 0) is 0 Å². The van der Waals surface area contributed by atoms with Crippen molar-refractivity contribution >= 4 is 44.6 Å². The quantitative estimate of drug-likeness (QED) is 0.764. The molecule has 3 nitrogen and oxygen atoms in total. The lowest BCUT2D eigenvalue weighted by atomic mass is 10.2. The van der Waals surface area contributed by atoms with Crippen molar-refractivity contribution in [1.82, 2.24) is 5.32 Å². The first-order valence-electron chi connectivity index (χ1n) is 7.13. The lowest BCUT2D eigenvalue weighted by Gasteiger charge is -2.20. The van der Waals surface area contributed by atoms with Crippen LogP contribution in [-0.4, -0.2) is 25.2 Å². The van der Waals surface area contributed by atoms with E-state index in [2.05, 4.69) is 69.7 Å². The molecule has 0 saturated heterocycles. The first-order chi connectivity index (χ1) is 10.5. The average Bonchev–Trinajstić information content (AvgIpc) is 2.50. The number of anilines is 2. The zero-order valence-electron chi connectivity index (χ0n) is 12.8. The van der Waals surface area contributed by atoms with Crippen molar-refractivity contribution < 1.29 is 0 Å². The van der Waals surface area contributed by atoms with Crippen molar-refractivity contribution in [3.63, 3.8) is 0 Å². The minimum atomic E-state index is 0.639. The van der Waals surface area contributed by atoms with Crippen molar-refractivity contribution in [1.29, 1.82) is 0 Å². The van der Waals surface area contributed by atoms with Crippen LogP contribution in [0.5, 0.6) is 0 Å². The number of likely N-dealkylation sites (N-methyl/N-ethyl adjacent to an activating group) is 1. The van der Waals surface area contributed by atoms with Gasteiger partial charge in [-0.1, -0.05) is 33.6 Å². The van der Waals surface area contributed by atoms with Crippen molar-refractivity contribution in [2.45, 2.75) is 6.92 Å². The maximum absolute atomic E-state index is 5.30. The number of benzene rings is 2. The fraction of sp³-hybridized carbons (Fsp3) is 0.235. The van der Waals surface area contributed by atoms with Gasteiger partial charge >= 0.3 is 0 Å². The summed E-state index contributed by atoms with van der Waals surface area (Å²) in [5.74, 6) is 0. The van der Waals surface area contributed by atoms with Gasteiger partial charge in [0.2, 0.25) is 0 Å². The third-order valence-corrected chi connectivity index (χ3v) is 4.08. The Morgan fingerprint density at radius 3 is 2.36 bits per heavy atom. The molecule has 0 aliphatic carbocycles. The topological polar surface area (TPSA) is 27.3 Å². The van der Waals surface area contributed by atoms with E-state index in [9.17, 15) is 0 Å². The average molecular weight is 378 g/mol. The molecule has 2 rings (SSSR count). The van der Waals surface area contributed by atoms with Crippen LogP contribution < -0.4 is 15.5 Å². The third-order valence-electron chi connectivity index (χ3n) is 3.31. The zero-order chi connectivity index (χ0) is 15.9. The number of nitrogens with one attached hydrogen (secondary N) is 2. The first kappa shape index (κ1) is 16.8. The van der Waals surface area contributed by atoms with E-state index < -0.39 is 0 Å². The second-order valence-corrected chi connectivity index (χ2v) is 6.47. The fourth-order valence-electron chi connectivity index (χ4n) is 1.97. The molecule has 0 atom stereocenters. The van der Waals surface area contributed by atoms with E-state index in [-0.39, 0.29) is 0 Å². The molecule has 0 unspecified atom stereocenters. The van der Waals surface area contributed by atoms with Crippen molar-refractivity contribution in [3.05, 3.63) is 58.6 Å². The number of halogens is 1. The van der Waals surface area contributed by atoms with Crippen LogP contribution in [0.4, 0.5) is 11.4 Å². The lowest BCUT2D eigenvalue weighted by molar-refractivity contribution is 0.827. The summed E-state index contributed by atoms with van der Waals surface area (Å²) < 4.78 is 1.05. The lowest BCUT2D eigenvalue weighted by Crippen LogP contribution is -2.35. The Bertz CT molecular complexity index is 611. The summed E-state index contributed by atoms with van der Waals surface area (Å²) in [7, 11) is 2.08. The summed E-state index contributed by atoms with van der Waals surface area (Å²) in [5.41, 5.74) is 3.46. The molecular weight excluding hydrogens is 358 g/mol. The highest BCUT2D eigenvalue weighted by Gasteiger charge is 2.01. The van der Waals surface area contributed by atoms with Gasteiger partial charge in [-0.2, -0.15) is 0 Å². The number of hydrogen-bond acceptors (Lipinski definition) is 2. The minimum Gasteiger partial charge on any atom is -0.373 e. The third kappa shape index (κ3) is 5.31. The summed E-state index contributed by atoms with van der Waals surface area (Å²) in [6.45, 7) is 3.76. The highest BCUT2D eigenvalue weighted by Crippen LogP contribution is 2.14. The SMILES string of the molecule is Cc1ccc(N(C)CCNC(=S)Nc2ccc(Br)cc2)cc1. The molecule has 5 heteroatoms. The molecule has 0 spiro atoms. The molecule has 0 fully saturated rings. The molecule has 0 heterocycles. The number of aryl methyl sites for hydroxylation is 1. The molecule has 0 radical (unpaired) electrons. The molecule has 22 heavy (non-hydrogen) atoms. The molecule has 0 amide bonds. The van der Waals surface area contributed by atoms with Crippen molar-refractivity contribution in [2.24, 2.45) is 0 Å². The molecular formula is C17H20BrN3S. The molecule has 0 saturated carbocycles. The number of hydrogen-bond donors (Lipinski definition) is 2. The Morgan fingerprint density at radius 2 is 1.73 bits per heavy atom. The van der Waals surface area contributed by atoms with Gasteiger partial charge in [-0.05, 0) is 55.5 Å². The highest BCUT2D eigenvalue weighted by atomic mass is 79.9. The Morgan fingerprint density at radius 1 is 1.09 bits per heavy atom. The van der Waals surface area contributed by atoms with Gasteiger partial charge in [-0.15, -0.1) is 0 Å². The van der Waals surface area contributed by atoms with E-state index in [1.807, 2.05) is 24.3 Å². The summed E-state index contributed by atoms with van der Waals surface area (Å²) in [4.78, 5) is 2.20. The second kappa shape index (κ2) is 8.15. The predicted molar refractivity (Wildman–Crippen MR) is 103 cm³/mol. The minimum absolute atomic E-state index is 0.639.